The van der Waals surface area contributed by atoms with E-state index < -0.39 is 81.4 Å². The second-order valence-corrected chi connectivity index (χ2v) is 11.5. The third-order valence-corrected chi connectivity index (χ3v) is 8.73. The summed E-state index contributed by atoms with van der Waals surface area (Å²) >= 11 is 0. The van der Waals surface area contributed by atoms with Crippen molar-refractivity contribution in [2.45, 2.75) is 75.9 Å². The SMILES string of the molecule is C[C@H]1c2ccc(C(C)(C)CCCCC(=N)N)c(O)c2C(O)=C2C(=O)[C@]3(O)C(O)=C(C(N)=O)C(=O)C[C@@H]3[C@@H](O)[C@@H]21. The van der Waals surface area contributed by atoms with Gasteiger partial charge in [-0.3, -0.25) is 19.8 Å². The molecule has 3 aliphatic carbocycles. The minimum atomic E-state index is -2.86. The number of hydrogen-bond donors (Lipinski definition) is 8. The molecule has 0 saturated heterocycles. The molecule has 3 aliphatic rings. The molecule has 1 saturated carbocycles. The monoisotopic (exact) mass is 541 g/mol. The number of ketones is 2. The predicted octanol–water partition coefficient (Wildman–Crippen LogP) is 1.73. The highest BCUT2D eigenvalue weighted by Crippen LogP contribution is 2.56. The molecule has 210 valence electrons. The molecule has 0 heterocycles. The van der Waals surface area contributed by atoms with Gasteiger partial charge in [0.25, 0.3) is 5.91 Å². The van der Waals surface area contributed by atoms with Crippen molar-refractivity contribution < 1.29 is 39.9 Å². The number of Topliss-reactive ketones (excluding diaryl/α,β-unsaturated/α-hetero) is 2. The fraction of sp³-hybridized carbons (Fsp3) is 0.500. The van der Waals surface area contributed by atoms with E-state index in [1.165, 1.54) is 0 Å². The number of amides is 1. The lowest BCUT2D eigenvalue weighted by molar-refractivity contribution is -0.160. The van der Waals surface area contributed by atoms with E-state index >= 15 is 0 Å². The lowest BCUT2D eigenvalue weighted by Gasteiger charge is -2.50. The topological polar surface area (TPSA) is 228 Å². The molecular weight excluding hydrogens is 506 g/mol. The molecule has 39 heavy (non-hydrogen) atoms. The summed E-state index contributed by atoms with van der Waals surface area (Å²) in [5, 5.41) is 63.7. The number of fused-ring (bicyclic) bond motifs is 3. The maximum absolute atomic E-state index is 13.8. The standard InChI is InChI=1S/C28H35N3O8/c1-11-12-7-8-13(27(2,3)9-5-4-6-16(29)30)21(33)18(12)23(35)20-17(11)22(34)14-10-15(32)19(26(31)38)24(36)28(14,39)25(20)37/h7-8,11,14,17,22,33-36,39H,4-6,9-10H2,1-3H3,(H3,29,30)(H2,31,38)/t11-,14+,17+,22+,28+/m0/s1. The van der Waals surface area contributed by atoms with Crippen LogP contribution in [-0.2, 0) is 19.8 Å². The Labute approximate surface area is 225 Å². The summed E-state index contributed by atoms with van der Waals surface area (Å²) in [5.41, 5.74) is 6.84. The number of amidine groups is 1. The van der Waals surface area contributed by atoms with Gasteiger partial charge >= 0.3 is 0 Å². The first kappa shape index (κ1) is 28.3. The minimum absolute atomic E-state index is 0.0175. The maximum atomic E-state index is 13.8. The highest BCUT2D eigenvalue weighted by atomic mass is 16.4. The number of nitrogens with two attached hydrogens (primary N) is 2. The summed E-state index contributed by atoms with van der Waals surface area (Å²) in [6.45, 7) is 5.52. The Balaban J connectivity index is 1.85. The fourth-order valence-corrected chi connectivity index (χ4v) is 6.56. The Kier molecular flexibility index (Phi) is 6.89. The number of phenols is 1. The number of unbranched alkanes of at least 4 members (excludes halogenated alkanes) is 1. The lowest BCUT2D eigenvalue weighted by atomic mass is 9.55. The molecule has 0 spiro atoms. The number of hydrogen-bond acceptors (Lipinski definition) is 9. The summed E-state index contributed by atoms with van der Waals surface area (Å²) in [6.07, 6.45) is 0.323. The van der Waals surface area contributed by atoms with Gasteiger partial charge < -0.3 is 37.0 Å². The van der Waals surface area contributed by atoms with E-state index in [1.54, 1.807) is 19.1 Å². The Hall–Kier alpha value is -3.70. The van der Waals surface area contributed by atoms with Crippen molar-refractivity contribution in [1.29, 1.82) is 5.41 Å². The van der Waals surface area contributed by atoms with Gasteiger partial charge in [0.05, 0.1) is 17.5 Å². The fourth-order valence-electron chi connectivity index (χ4n) is 6.56. The summed E-state index contributed by atoms with van der Waals surface area (Å²) in [4.78, 5) is 38.2. The number of phenolic OH excluding ortho intramolecular Hbond substituents is 1. The number of carbonyl (C=O) groups excluding carboxylic acids is 3. The van der Waals surface area contributed by atoms with Gasteiger partial charge in [0.15, 0.2) is 11.4 Å². The average molecular weight is 542 g/mol. The van der Waals surface area contributed by atoms with E-state index in [-0.39, 0.29) is 17.1 Å². The van der Waals surface area contributed by atoms with Crippen LogP contribution in [0.1, 0.15) is 75.5 Å². The third-order valence-electron chi connectivity index (χ3n) is 8.73. The van der Waals surface area contributed by atoms with Crippen LogP contribution < -0.4 is 11.5 Å². The molecule has 5 atom stereocenters. The number of aromatic hydroxyl groups is 1. The van der Waals surface area contributed by atoms with Gasteiger partial charge in [-0.1, -0.05) is 39.3 Å². The summed E-state index contributed by atoms with van der Waals surface area (Å²) in [5.74, 6) is -8.64. The molecule has 0 bridgehead atoms. The molecule has 0 unspecified atom stereocenters. The van der Waals surface area contributed by atoms with Crippen molar-refractivity contribution in [2.24, 2.45) is 23.3 Å². The lowest BCUT2D eigenvalue weighted by Crippen LogP contribution is -2.63. The average Bonchev–Trinajstić information content (AvgIpc) is 2.84. The number of primary amides is 1. The molecule has 1 aromatic carbocycles. The predicted molar refractivity (Wildman–Crippen MR) is 141 cm³/mol. The van der Waals surface area contributed by atoms with Crippen molar-refractivity contribution in [3.63, 3.8) is 0 Å². The molecule has 4 rings (SSSR count). The van der Waals surface area contributed by atoms with Crippen LogP contribution >= 0.6 is 0 Å². The smallest absolute Gasteiger partial charge is 0.255 e. The normalized spacial score (nSPS) is 28.6. The molecular formula is C28H35N3O8. The number of benzene rings is 1. The van der Waals surface area contributed by atoms with Gasteiger partial charge in [-0.15, -0.1) is 0 Å². The highest BCUT2D eigenvalue weighted by molar-refractivity contribution is 6.23. The zero-order valence-corrected chi connectivity index (χ0v) is 22.1. The maximum Gasteiger partial charge on any atom is 0.255 e. The van der Waals surface area contributed by atoms with Crippen molar-refractivity contribution in [3.8, 4) is 5.75 Å². The van der Waals surface area contributed by atoms with E-state index in [1.807, 2.05) is 13.8 Å². The van der Waals surface area contributed by atoms with Crippen LogP contribution in [-0.4, -0.2) is 60.5 Å². The Morgan fingerprint density at radius 1 is 1.15 bits per heavy atom. The van der Waals surface area contributed by atoms with Crippen LogP contribution in [0, 0.1) is 17.2 Å². The molecule has 0 radical (unpaired) electrons. The quantitative estimate of drug-likeness (QED) is 0.109. The van der Waals surface area contributed by atoms with E-state index in [4.69, 9.17) is 16.9 Å². The van der Waals surface area contributed by atoms with Crippen molar-refractivity contribution >= 4 is 29.1 Å². The number of carbonyl (C=O) groups is 3. The van der Waals surface area contributed by atoms with Crippen LogP contribution in [0.4, 0.5) is 0 Å². The Bertz CT molecular complexity index is 1360. The second kappa shape index (κ2) is 9.49. The van der Waals surface area contributed by atoms with Crippen LogP contribution in [0.5, 0.6) is 5.75 Å². The van der Waals surface area contributed by atoms with E-state index in [9.17, 15) is 39.9 Å². The molecule has 1 amide bonds. The zero-order chi connectivity index (χ0) is 29.2. The highest BCUT2D eigenvalue weighted by Gasteiger charge is 2.65. The Morgan fingerprint density at radius 2 is 1.79 bits per heavy atom. The molecule has 1 aromatic rings. The Morgan fingerprint density at radius 3 is 2.38 bits per heavy atom. The summed E-state index contributed by atoms with van der Waals surface area (Å²) < 4.78 is 0. The number of aliphatic hydroxyl groups is 4. The van der Waals surface area contributed by atoms with Gasteiger partial charge in [-0.2, -0.15) is 0 Å². The molecule has 0 aliphatic heterocycles. The van der Waals surface area contributed by atoms with E-state index in [0.29, 0.717) is 30.4 Å². The van der Waals surface area contributed by atoms with Crippen molar-refractivity contribution in [1.82, 2.24) is 0 Å². The van der Waals surface area contributed by atoms with Crippen LogP contribution in [0.3, 0.4) is 0 Å². The van der Waals surface area contributed by atoms with Gasteiger partial charge in [0.1, 0.15) is 22.8 Å². The van der Waals surface area contributed by atoms with E-state index in [2.05, 4.69) is 0 Å². The largest absolute Gasteiger partial charge is 0.508 e. The first-order chi connectivity index (χ1) is 18.1. The van der Waals surface area contributed by atoms with Crippen LogP contribution in [0.25, 0.3) is 5.76 Å². The first-order valence-corrected chi connectivity index (χ1v) is 12.9. The molecule has 10 N–H and O–H groups in total. The molecule has 0 aromatic heterocycles. The zero-order valence-electron chi connectivity index (χ0n) is 22.1. The van der Waals surface area contributed by atoms with Crippen LogP contribution in [0.15, 0.2) is 29.0 Å². The molecule has 11 heteroatoms. The molecule has 1 fully saturated rings. The van der Waals surface area contributed by atoms with Gasteiger partial charge in [0.2, 0.25) is 5.78 Å². The first-order valence-electron chi connectivity index (χ1n) is 12.9. The third kappa shape index (κ3) is 4.11. The number of nitrogens with one attached hydrogen (secondary N) is 1. The van der Waals surface area contributed by atoms with Gasteiger partial charge in [0, 0.05) is 35.8 Å². The second-order valence-electron chi connectivity index (χ2n) is 11.5. The van der Waals surface area contributed by atoms with Gasteiger partial charge in [-0.05, 0) is 29.7 Å². The van der Waals surface area contributed by atoms with Gasteiger partial charge in [-0.25, -0.2) is 0 Å². The number of aliphatic hydroxyl groups excluding tert-OH is 3. The number of rotatable bonds is 7. The summed E-state index contributed by atoms with van der Waals surface area (Å²) in [7, 11) is 0. The minimum Gasteiger partial charge on any atom is -0.508 e. The van der Waals surface area contributed by atoms with Crippen molar-refractivity contribution in [2.75, 3.05) is 0 Å². The van der Waals surface area contributed by atoms with E-state index in [0.717, 1.165) is 6.42 Å². The van der Waals surface area contributed by atoms with Crippen LogP contribution in [0.2, 0.25) is 0 Å². The molecule has 11 nitrogen and oxygen atoms in total. The van der Waals surface area contributed by atoms with Crippen molar-refractivity contribution in [3.05, 3.63) is 45.7 Å². The summed E-state index contributed by atoms with van der Waals surface area (Å²) in [6, 6.07) is 3.45.